The lowest BCUT2D eigenvalue weighted by Gasteiger charge is -2.31. The number of rotatable bonds is 4. The summed E-state index contributed by atoms with van der Waals surface area (Å²) in [5, 5.41) is 8.74. The maximum Gasteiger partial charge on any atom is 0.261 e. The summed E-state index contributed by atoms with van der Waals surface area (Å²) in [6.07, 6.45) is 5.58. The van der Waals surface area contributed by atoms with Gasteiger partial charge in [-0.3, -0.25) is 0 Å². The van der Waals surface area contributed by atoms with Gasteiger partial charge in [-0.1, -0.05) is 17.3 Å². The first-order valence-electron chi connectivity index (χ1n) is 9.76. The molecule has 0 amide bonds. The van der Waals surface area contributed by atoms with Crippen LogP contribution >= 0.6 is 0 Å². The minimum atomic E-state index is 0.268. The Hall–Kier alpha value is -3.42. The number of aryl methyl sites for hydroxylation is 1. The van der Waals surface area contributed by atoms with Crippen molar-refractivity contribution in [3.8, 4) is 17.2 Å². The first-order valence-corrected chi connectivity index (χ1v) is 9.76. The van der Waals surface area contributed by atoms with E-state index in [1.165, 1.54) is 0 Å². The van der Waals surface area contributed by atoms with Crippen LogP contribution in [-0.2, 0) is 0 Å². The second-order valence-electron chi connectivity index (χ2n) is 7.29. The molecule has 0 aliphatic carbocycles. The van der Waals surface area contributed by atoms with Gasteiger partial charge in [0, 0.05) is 31.4 Å². The average molecular weight is 390 g/mol. The van der Waals surface area contributed by atoms with Gasteiger partial charge in [0.2, 0.25) is 0 Å². The van der Waals surface area contributed by atoms with E-state index in [4.69, 9.17) is 9.26 Å². The van der Waals surface area contributed by atoms with Crippen LogP contribution < -0.4 is 9.64 Å². The first-order chi connectivity index (χ1) is 14.2. The zero-order valence-electron chi connectivity index (χ0n) is 16.4. The largest absolute Gasteiger partial charge is 0.496 e. The lowest BCUT2D eigenvalue weighted by atomic mass is 9.96. The summed E-state index contributed by atoms with van der Waals surface area (Å²) in [6.45, 7) is 3.78. The number of nitrogens with zero attached hydrogens (tertiary/aromatic N) is 6. The number of benzene rings is 1. The van der Waals surface area contributed by atoms with Crippen molar-refractivity contribution in [3.63, 3.8) is 0 Å². The van der Waals surface area contributed by atoms with Crippen LogP contribution in [0.4, 0.5) is 5.82 Å². The maximum absolute atomic E-state index is 5.54. The van der Waals surface area contributed by atoms with Crippen molar-refractivity contribution in [2.75, 3.05) is 25.1 Å². The van der Waals surface area contributed by atoms with Gasteiger partial charge in [0.1, 0.15) is 11.3 Å². The molecule has 29 heavy (non-hydrogen) atoms. The molecule has 148 valence electrons. The van der Waals surface area contributed by atoms with Crippen LogP contribution in [0.3, 0.4) is 0 Å². The highest BCUT2D eigenvalue weighted by molar-refractivity contribution is 5.69. The number of hydrogen-bond donors (Lipinski definition) is 0. The summed E-state index contributed by atoms with van der Waals surface area (Å²) in [6, 6.07) is 9.76. The van der Waals surface area contributed by atoms with Gasteiger partial charge in [-0.15, -0.1) is 0 Å². The quantitative estimate of drug-likeness (QED) is 0.528. The molecule has 1 fully saturated rings. The van der Waals surface area contributed by atoms with Crippen LogP contribution in [0.2, 0.25) is 0 Å². The van der Waals surface area contributed by atoms with Crippen molar-refractivity contribution in [1.29, 1.82) is 0 Å². The predicted octanol–water partition coefficient (Wildman–Crippen LogP) is 3.48. The standard InChI is InChI=1S/C21H22N6O2/c1-14-13-17-20(22-9-12-27(17)24-14)26-10-7-15(8-11-26)19-23-21(29-25-19)16-5-3-4-6-18(16)28-2/h3-6,9,12-13,15H,7-8,10-11H2,1-2H3. The Labute approximate surface area is 168 Å². The molecule has 0 saturated carbocycles. The molecule has 8 nitrogen and oxygen atoms in total. The number of piperidine rings is 1. The lowest BCUT2D eigenvalue weighted by molar-refractivity contribution is 0.393. The summed E-state index contributed by atoms with van der Waals surface area (Å²) in [5.74, 6) is 3.24. The van der Waals surface area contributed by atoms with E-state index in [1.54, 1.807) is 13.3 Å². The second-order valence-corrected chi connectivity index (χ2v) is 7.29. The van der Waals surface area contributed by atoms with Crippen molar-refractivity contribution >= 4 is 11.3 Å². The third-order valence-electron chi connectivity index (χ3n) is 5.43. The zero-order chi connectivity index (χ0) is 19.8. The maximum atomic E-state index is 5.54. The fourth-order valence-corrected chi connectivity index (χ4v) is 3.96. The third-order valence-corrected chi connectivity index (χ3v) is 5.43. The molecule has 0 radical (unpaired) electrons. The van der Waals surface area contributed by atoms with Crippen molar-refractivity contribution in [3.05, 3.63) is 54.2 Å². The number of ether oxygens (including phenoxy) is 1. The highest BCUT2D eigenvalue weighted by atomic mass is 16.5. The highest BCUT2D eigenvalue weighted by Gasteiger charge is 2.27. The fourth-order valence-electron chi connectivity index (χ4n) is 3.96. The molecular weight excluding hydrogens is 368 g/mol. The minimum Gasteiger partial charge on any atom is -0.496 e. The molecular formula is C21H22N6O2. The van der Waals surface area contributed by atoms with Gasteiger partial charge >= 0.3 is 0 Å². The minimum absolute atomic E-state index is 0.268. The van der Waals surface area contributed by atoms with E-state index in [2.05, 4.69) is 31.2 Å². The number of fused-ring (bicyclic) bond motifs is 1. The monoisotopic (exact) mass is 390 g/mol. The van der Waals surface area contributed by atoms with E-state index in [0.29, 0.717) is 5.89 Å². The van der Waals surface area contributed by atoms with Crippen LogP contribution in [0.5, 0.6) is 5.75 Å². The molecule has 8 heteroatoms. The molecule has 1 saturated heterocycles. The molecule has 4 aromatic rings. The summed E-state index contributed by atoms with van der Waals surface area (Å²) in [5.41, 5.74) is 2.85. The van der Waals surface area contributed by atoms with Gasteiger partial charge in [-0.05, 0) is 38.0 Å². The van der Waals surface area contributed by atoms with Crippen LogP contribution in [0, 0.1) is 6.92 Å². The van der Waals surface area contributed by atoms with E-state index < -0.39 is 0 Å². The van der Waals surface area contributed by atoms with Crippen LogP contribution in [0.25, 0.3) is 17.0 Å². The Bertz CT molecular complexity index is 1140. The first kappa shape index (κ1) is 17.7. The molecule has 0 bridgehead atoms. The third kappa shape index (κ3) is 3.20. The van der Waals surface area contributed by atoms with Crippen molar-refractivity contribution < 1.29 is 9.26 Å². The summed E-state index contributed by atoms with van der Waals surface area (Å²) in [4.78, 5) is 11.6. The number of methoxy groups -OCH3 is 1. The number of para-hydroxylation sites is 1. The summed E-state index contributed by atoms with van der Waals surface area (Å²) >= 11 is 0. The Morgan fingerprint density at radius 1 is 1.17 bits per heavy atom. The van der Waals surface area contributed by atoms with E-state index in [-0.39, 0.29) is 5.92 Å². The molecule has 5 rings (SSSR count). The Balaban J connectivity index is 1.33. The molecule has 1 aliphatic heterocycles. The predicted molar refractivity (Wildman–Crippen MR) is 108 cm³/mol. The molecule has 0 spiro atoms. The van der Waals surface area contributed by atoms with Gasteiger partial charge < -0.3 is 14.2 Å². The van der Waals surface area contributed by atoms with E-state index >= 15 is 0 Å². The molecule has 0 atom stereocenters. The second kappa shape index (κ2) is 7.20. The van der Waals surface area contributed by atoms with Gasteiger partial charge in [0.15, 0.2) is 11.6 Å². The van der Waals surface area contributed by atoms with Crippen molar-refractivity contribution in [2.45, 2.75) is 25.7 Å². The average Bonchev–Trinajstić information content (AvgIpc) is 3.39. The molecule has 1 aromatic carbocycles. The number of aromatic nitrogens is 5. The Morgan fingerprint density at radius 3 is 2.83 bits per heavy atom. The van der Waals surface area contributed by atoms with E-state index in [0.717, 1.165) is 60.1 Å². The topological polar surface area (TPSA) is 81.6 Å². The lowest BCUT2D eigenvalue weighted by Crippen LogP contribution is -2.34. The molecule has 0 N–H and O–H groups in total. The van der Waals surface area contributed by atoms with Gasteiger partial charge in [0.25, 0.3) is 5.89 Å². The van der Waals surface area contributed by atoms with Gasteiger partial charge in [0.05, 0.1) is 18.4 Å². The number of hydrogen-bond acceptors (Lipinski definition) is 7. The highest BCUT2D eigenvalue weighted by Crippen LogP contribution is 2.33. The van der Waals surface area contributed by atoms with Crippen molar-refractivity contribution in [1.82, 2.24) is 24.7 Å². The van der Waals surface area contributed by atoms with Gasteiger partial charge in [-0.2, -0.15) is 10.1 Å². The summed E-state index contributed by atoms with van der Waals surface area (Å²) in [7, 11) is 1.64. The summed E-state index contributed by atoms with van der Waals surface area (Å²) < 4.78 is 12.8. The molecule has 4 heterocycles. The normalized spacial score (nSPS) is 15.2. The smallest absolute Gasteiger partial charge is 0.261 e. The molecule has 3 aromatic heterocycles. The van der Waals surface area contributed by atoms with Crippen LogP contribution in [0.1, 0.15) is 30.3 Å². The van der Waals surface area contributed by atoms with E-state index in [9.17, 15) is 0 Å². The van der Waals surface area contributed by atoms with Crippen LogP contribution in [0.15, 0.2) is 47.2 Å². The Kier molecular flexibility index (Phi) is 4.38. The molecule has 0 unspecified atom stereocenters. The van der Waals surface area contributed by atoms with E-state index in [1.807, 2.05) is 41.9 Å². The van der Waals surface area contributed by atoms with Gasteiger partial charge in [-0.25, -0.2) is 9.50 Å². The zero-order valence-corrected chi connectivity index (χ0v) is 16.4. The van der Waals surface area contributed by atoms with Crippen LogP contribution in [-0.4, -0.2) is 44.9 Å². The number of anilines is 1. The fraction of sp³-hybridized carbons (Fsp3) is 0.333. The van der Waals surface area contributed by atoms with Crippen molar-refractivity contribution in [2.24, 2.45) is 0 Å². The molecule has 1 aliphatic rings. The SMILES string of the molecule is COc1ccccc1-c1nc(C2CCN(c3nccn4nc(C)cc34)CC2)no1. The Morgan fingerprint density at radius 2 is 2.00 bits per heavy atom.